The number of halogens is 2. The highest BCUT2D eigenvalue weighted by molar-refractivity contribution is 8.13. The van der Waals surface area contributed by atoms with E-state index < -0.39 is 20.8 Å². The second-order valence-corrected chi connectivity index (χ2v) is 7.17. The molecule has 122 valence electrons. The van der Waals surface area contributed by atoms with Gasteiger partial charge in [0, 0.05) is 28.4 Å². The van der Waals surface area contributed by atoms with Crippen molar-refractivity contribution in [2.75, 3.05) is 7.11 Å². The SMILES string of the molecule is COc1ccc(S(=O)(=O)Cl)cc1CNC(=O)c1ccc(F)cc1. The van der Waals surface area contributed by atoms with E-state index in [0.29, 0.717) is 11.3 Å². The molecule has 2 aromatic carbocycles. The number of rotatable bonds is 5. The van der Waals surface area contributed by atoms with Crippen LogP contribution < -0.4 is 10.1 Å². The smallest absolute Gasteiger partial charge is 0.261 e. The number of methoxy groups -OCH3 is 1. The van der Waals surface area contributed by atoms with Crippen LogP contribution in [0, 0.1) is 5.82 Å². The average molecular weight is 358 g/mol. The summed E-state index contributed by atoms with van der Waals surface area (Å²) >= 11 is 0. The minimum Gasteiger partial charge on any atom is -0.496 e. The van der Waals surface area contributed by atoms with Crippen molar-refractivity contribution >= 4 is 25.6 Å². The van der Waals surface area contributed by atoms with E-state index in [0.717, 1.165) is 0 Å². The summed E-state index contributed by atoms with van der Waals surface area (Å²) in [6.07, 6.45) is 0. The molecule has 0 saturated heterocycles. The van der Waals surface area contributed by atoms with E-state index in [9.17, 15) is 17.6 Å². The molecule has 0 heterocycles. The fraction of sp³-hybridized carbons (Fsp3) is 0.133. The minimum atomic E-state index is -3.88. The van der Waals surface area contributed by atoms with Gasteiger partial charge in [-0.2, -0.15) is 0 Å². The molecule has 2 aromatic rings. The topological polar surface area (TPSA) is 72.5 Å². The predicted molar refractivity (Wildman–Crippen MR) is 83.6 cm³/mol. The molecule has 0 fully saturated rings. The summed E-state index contributed by atoms with van der Waals surface area (Å²) < 4.78 is 40.7. The van der Waals surface area contributed by atoms with Gasteiger partial charge in [0.25, 0.3) is 15.0 Å². The number of nitrogens with one attached hydrogen (secondary N) is 1. The number of benzene rings is 2. The van der Waals surface area contributed by atoms with Gasteiger partial charge in [0.05, 0.1) is 12.0 Å². The van der Waals surface area contributed by atoms with Gasteiger partial charge in [-0.05, 0) is 42.5 Å². The molecule has 0 aliphatic carbocycles. The summed E-state index contributed by atoms with van der Waals surface area (Å²) in [7, 11) is 2.85. The van der Waals surface area contributed by atoms with Gasteiger partial charge in [0.1, 0.15) is 11.6 Å². The molecule has 23 heavy (non-hydrogen) atoms. The number of ether oxygens (including phenoxy) is 1. The molecule has 0 atom stereocenters. The number of amides is 1. The first-order chi connectivity index (χ1) is 10.8. The summed E-state index contributed by atoms with van der Waals surface area (Å²) in [4.78, 5) is 11.9. The second kappa shape index (κ2) is 6.97. The molecule has 0 spiro atoms. The summed E-state index contributed by atoms with van der Waals surface area (Å²) in [5.74, 6) is -0.456. The van der Waals surface area contributed by atoms with Crippen LogP contribution in [0.5, 0.6) is 5.75 Å². The van der Waals surface area contributed by atoms with Crippen LogP contribution in [-0.4, -0.2) is 21.4 Å². The van der Waals surface area contributed by atoms with Gasteiger partial charge in [-0.15, -0.1) is 0 Å². The van der Waals surface area contributed by atoms with Crippen LogP contribution in [0.1, 0.15) is 15.9 Å². The van der Waals surface area contributed by atoms with Crippen LogP contribution in [0.25, 0.3) is 0 Å². The Kier molecular flexibility index (Phi) is 5.23. The van der Waals surface area contributed by atoms with Crippen LogP contribution in [0.3, 0.4) is 0 Å². The normalized spacial score (nSPS) is 11.1. The Morgan fingerprint density at radius 3 is 2.43 bits per heavy atom. The highest BCUT2D eigenvalue weighted by Crippen LogP contribution is 2.24. The Hall–Kier alpha value is -2.12. The third-order valence-corrected chi connectivity index (χ3v) is 4.43. The molecule has 0 saturated carbocycles. The maximum absolute atomic E-state index is 12.8. The van der Waals surface area contributed by atoms with Gasteiger partial charge < -0.3 is 10.1 Å². The van der Waals surface area contributed by atoms with Crippen molar-refractivity contribution in [3.05, 3.63) is 59.4 Å². The molecule has 0 radical (unpaired) electrons. The van der Waals surface area contributed by atoms with Gasteiger partial charge in [0.15, 0.2) is 0 Å². The van der Waals surface area contributed by atoms with Crippen molar-refractivity contribution < 1.29 is 22.3 Å². The van der Waals surface area contributed by atoms with E-state index >= 15 is 0 Å². The monoisotopic (exact) mass is 357 g/mol. The Labute approximate surface area is 137 Å². The van der Waals surface area contributed by atoms with Gasteiger partial charge in [-0.25, -0.2) is 12.8 Å². The zero-order valence-electron chi connectivity index (χ0n) is 12.0. The van der Waals surface area contributed by atoms with Crippen molar-refractivity contribution in [2.24, 2.45) is 0 Å². The fourth-order valence-electron chi connectivity index (χ4n) is 1.92. The van der Waals surface area contributed by atoms with Crippen LogP contribution >= 0.6 is 10.7 Å². The number of carbonyl (C=O) groups excluding carboxylic acids is 1. The lowest BCUT2D eigenvalue weighted by atomic mass is 10.1. The lowest BCUT2D eigenvalue weighted by molar-refractivity contribution is 0.0950. The van der Waals surface area contributed by atoms with Crippen LogP contribution in [-0.2, 0) is 15.6 Å². The molecule has 0 aliphatic rings. The molecule has 2 rings (SSSR count). The molecule has 1 amide bonds. The van der Waals surface area contributed by atoms with Crippen molar-refractivity contribution in [2.45, 2.75) is 11.4 Å². The van der Waals surface area contributed by atoms with Crippen LogP contribution in [0.15, 0.2) is 47.4 Å². The predicted octanol–water partition coefficient (Wildman–Crippen LogP) is 2.69. The Morgan fingerprint density at radius 1 is 1.22 bits per heavy atom. The third-order valence-electron chi connectivity index (χ3n) is 3.08. The largest absolute Gasteiger partial charge is 0.496 e. The van der Waals surface area contributed by atoms with Gasteiger partial charge >= 0.3 is 0 Å². The Bertz CT molecular complexity index is 822. The lowest BCUT2D eigenvalue weighted by Crippen LogP contribution is -2.23. The quantitative estimate of drug-likeness (QED) is 0.835. The van der Waals surface area contributed by atoms with Crippen LogP contribution in [0.2, 0.25) is 0 Å². The summed E-state index contributed by atoms with van der Waals surface area (Å²) in [5, 5.41) is 2.61. The fourth-order valence-corrected chi connectivity index (χ4v) is 2.73. The molecule has 0 bridgehead atoms. The minimum absolute atomic E-state index is 0.0274. The summed E-state index contributed by atoms with van der Waals surface area (Å²) in [6, 6.07) is 9.14. The molecule has 5 nitrogen and oxygen atoms in total. The maximum Gasteiger partial charge on any atom is 0.261 e. The first-order valence-corrected chi connectivity index (χ1v) is 8.77. The summed E-state index contributed by atoms with van der Waals surface area (Å²) in [6.45, 7) is 0.0274. The number of hydrogen-bond acceptors (Lipinski definition) is 4. The van der Waals surface area contributed by atoms with E-state index in [1.165, 1.54) is 49.6 Å². The highest BCUT2D eigenvalue weighted by atomic mass is 35.7. The van der Waals surface area contributed by atoms with E-state index in [1.54, 1.807) is 0 Å². The van der Waals surface area contributed by atoms with E-state index in [2.05, 4.69) is 5.32 Å². The molecule has 0 unspecified atom stereocenters. The molecule has 0 aliphatic heterocycles. The Morgan fingerprint density at radius 2 is 1.87 bits per heavy atom. The summed E-state index contributed by atoms with van der Waals surface area (Å²) in [5.41, 5.74) is 0.733. The van der Waals surface area contributed by atoms with Crippen molar-refractivity contribution in [3.63, 3.8) is 0 Å². The van der Waals surface area contributed by atoms with Gasteiger partial charge in [-0.1, -0.05) is 0 Å². The van der Waals surface area contributed by atoms with Gasteiger partial charge in [0.2, 0.25) is 0 Å². The van der Waals surface area contributed by atoms with E-state index in [-0.39, 0.29) is 17.0 Å². The molecule has 0 aromatic heterocycles. The molecular formula is C15H13ClFNO4S. The Balaban J connectivity index is 2.19. The van der Waals surface area contributed by atoms with Crippen molar-refractivity contribution in [1.82, 2.24) is 5.32 Å². The average Bonchev–Trinajstić information content (AvgIpc) is 2.52. The van der Waals surface area contributed by atoms with Crippen LogP contribution in [0.4, 0.5) is 4.39 Å². The van der Waals surface area contributed by atoms with E-state index in [1.807, 2.05) is 0 Å². The number of carbonyl (C=O) groups is 1. The molecule has 1 N–H and O–H groups in total. The first kappa shape index (κ1) is 17.2. The van der Waals surface area contributed by atoms with Crippen molar-refractivity contribution in [1.29, 1.82) is 0 Å². The molecule has 8 heteroatoms. The standard InChI is InChI=1S/C15H13ClFNO4S/c1-22-14-7-6-13(23(16,20)21)8-11(14)9-18-15(19)10-2-4-12(17)5-3-10/h2-8H,9H2,1H3,(H,18,19). The highest BCUT2D eigenvalue weighted by Gasteiger charge is 2.14. The molecular weight excluding hydrogens is 345 g/mol. The van der Waals surface area contributed by atoms with E-state index in [4.69, 9.17) is 15.4 Å². The van der Waals surface area contributed by atoms with Crippen molar-refractivity contribution in [3.8, 4) is 5.75 Å². The zero-order chi connectivity index (χ0) is 17.0. The zero-order valence-corrected chi connectivity index (χ0v) is 13.6. The number of hydrogen-bond donors (Lipinski definition) is 1. The lowest BCUT2D eigenvalue weighted by Gasteiger charge is -2.11. The third kappa shape index (κ3) is 4.43. The first-order valence-electron chi connectivity index (χ1n) is 6.46. The second-order valence-electron chi connectivity index (χ2n) is 4.60. The van der Waals surface area contributed by atoms with Gasteiger partial charge in [-0.3, -0.25) is 4.79 Å². The maximum atomic E-state index is 12.8.